The zero-order valence-corrected chi connectivity index (χ0v) is 44.7. The summed E-state index contributed by atoms with van der Waals surface area (Å²) in [6.07, 6.45) is 6.97. The van der Waals surface area contributed by atoms with E-state index >= 15 is 0 Å². The number of benzene rings is 4. The van der Waals surface area contributed by atoms with Gasteiger partial charge in [-0.05, 0) is 119 Å². The minimum atomic E-state index is -1.34. The molecule has 0 aliphatic carbocycles. The van der Waals surface area contributed by atoms with Crippen molar-refractivity contribution in [2.45, 2.75) is 0 Å². The fourth-order valence-corrected chi connectivity index (χ4v) is 4.89. The molecule has 4 heterocycles. The molecule has 0 unspecified atom stereocenters. The molecule has 2 N–H and O–H groups in total. The maximum Gasteiger partial charge on any atom is 1.00 e. The van der Waals surface area contributed by atoms with Gasteiger partial charge in [0.2, 0.25) is 0 Å². The smallest absolute Gasteiger partial charge is 0.545 e. The van der Waals surface area contributed by atoms with Gasteiger partial charge in [-0.25, -0.2) is 19.9 Å². The van der Waals surface area contributed by atoms with Crippen molar-refractivity contribution < 1.29 is 149 Å². The first-order chi connectivity index (χ1) is 35.3. The number of hydrogen-bond donors (Lipinski definition) is 2. The van der Waals surface area contributed by atoms with Gasteiger partial charge in [0.25, 0.3) is 22.7 Å². The van der Waals surface area contributed by atoms with E-state index in [4.69, 9.17) is 0 Å². The van der Waals surface area contributed by atoms with E-state index in [1.807, 2.05) is 72.8 Å². The van der Waals surface area contributed by atoms with E-state index in [1.54, 1.807) is 24.8 Å². The van der Waals surface area contributed by atoms with E-state index in [0.29, 0.717) is 0 Å². The Morgan fingerprint density at radius 1 is 0.295 bits per heavy atom. The molecule has 78 heavy (non-hydrogen) atoms. The Morgan fingerprint density at radius 3 is 0.577 bits per heavy atom. The molecule has 4 aromatic heterocycles. The molecule has 0 saturated heterocycles. The van der Waals surface area contributed by atoms with Crippen molar-refractivity contribution in [3.05, 3.63) is 257 Å². The first kappa shape index (κ1) is 71.6. The molecule has 0 radical (unpaired) electrons. The van der Waals surface area contributed by atoms with Gasteiger partial charge in [-0.15, -0.1) is 0 Å². The topological polar surface area (TPSA) is 409 Å². The van der Waals surface area contributed by atoms with E-state index in [9.17, 15) is 80.1 Å². The van der Waals surface area contributed by atoms with Crippen molar-refractivity contribution in [3.63, 3.8) is 0 Å². The maximum absolute atomic E-state index is 10.2. The number of pyridine rings is 4. The molecule has 8 aromatic rings. The molecule has 0 aliphatic rings. The normalized spacial score (nSPS) is 8.92. The van der Waals surface area contributed by atoms with Gasteiger partial charge in [0.15, 0.2) is 0 Å². The van der Waals surface area contributed by atoms with Crippen LogP contribution in [0, 0.1) is 40.5 Å². The second-order valence-corrected chi connectivity index (χ2v) is 13.5. The zero-order valence-electron chi connectivity index (χ0n) is 38.8. The van der Waals surface area contributed by atoms with Crippen LogP contribution in [0.4, 0.5) is 46.0 Å². The van der Waals surface area contributed by atoms with Gasteiger partial charge >= 0.3 is 89.5 Å². The number of hydrogen-bond acceptors (Lipinski definition) is 22. The van der Waals surface area contributed by atoms with Gasteiger partial charge in [-0.3, -0.25) is 40.5 Å². The van der Waals surface area contributed by atoms with Crippen LogP contribution in [0.5, 0.6) is 0 Å². The minimum absolute atomic E-state index is 0. The number of nitrogens with zero attached hydrogens (tertiary/aromatic N) is 8. The molecule has 4 aromatic carbocycles. The van der Waals surface area contributed by atoms with Crippen molar-refractivity contribution in [2.75, 3.05) is 10.6 Å². The van der Waals surface area contributed by atoms with Crippen LogP contribution in [0.2, 0.25) is 0 Å². The predicted molar refractivity (Wildman–Crippen MR) is 253 cm³/mol. The van der Waals surface area contributed by atoms with Gasteiger partial charge in [-0.2, -0.15) is 0 Å². The number of aromatic carboxylic acids is 4. The number of anilines is 4. The summed E-state index contributed by atoms with van der Waals surface area (Å²) in [6, 6.07) is 40.8. The number of carboxylic acids is 4. The zero-order chi connectivity index (χ0) is 54.4. The number of nitrogens with one attached hydrogen (secondary N) is 2. The van der Waals surface area contributed by atoms with Gasteiger partial charge in [0, 0.05) is 73.3 Å². The fraction of sp³-hybridized carbons (Fsp3) is 0. The van der Waals surface area contributed by atoms with Crippen LogP contribution in [0.15, 0.2) is 195 Å². The van der Waals surface area contributed by atoms with Crippen molar-refractivity contribution in [2.24, 2.45) is 0 Å². The third kappa shape index (κ3) is 27.9. The number of rotatable bonds is 12. The number of carbonyl (C=O) groups excluding carboxylic acids is 4. The Labute approximate surface area is 502 Å². The summed E-state index contributed by atoms with van der Waals surface area (Å²) in [7, 11) is 0. The van der Waals surface area contributed by atoms with Gasteiger partial charge in [-0.1, -0.05) is 24.3 Å². The molecule has 0 aliphatic heterocycles. The van der Waals surface area contributed by atoms with Gasteiger partial charge in [0.1, 0.15) is 23.3 Å². The summed E-state index contributed by atoms with van der Waals surface area (Å²) in [5, 5.41) is 87.5. The molecule has 0 fully saturated rings. The summed E-state index contributed by atoms with van der Waals surface area (Å²) in [4.78, 5) is 95.4. The summed E-state index contributed by atoms with van der Waals surface area (Å²) in [5.74, 6) is -2.14. The van der Waals surface area contributed by atoms with E-state index in [0.717, 1.165) is 120 Å². The summed E-state index contributed by atoms with van der Waals surface area (Å²) >= 11 is 0. The monoisotopic (exact) mass is 1430 g/mol. The molecule has 8 rings (SSSR count). The molecular formula is C48H34Ag4N10O16. The fourth-order valence-electron chi connectivity index (χ4n) is 4.89. The van der Waals surface area contributed by atoms with Crippen molar-refractivity contribution in [3.8, 4) is 0 Å². The molecule has 30 heteroatoms. The number of carbonyl (C=O) groups is 4. The van der Waals surface area contributed by atoms with Crippen LogP contribution in [-0.2, 0) is 89.5 Å². The maximum atomic E-state index is 10.2. The number of aromatic nitrogens is 4. The van der Waals surface area contributed by atoms with Crippen LogP contribution in [-0.4, -0.2) is 63.5 Å². The summed E-state index contributed by atoms with van der Waals surface area (Å²) in [6.45, 7) is 0. The minimum Gasteiger partial charge on any atom is -0.545 e. The van der Waals surface area contributed by atoms with Gasteiger partial charge in [0.05, 0.1) is 43.6 Å². The molecule has 26 nitrogen and oxygen atoms in total. The van der Waals surface area contributed by atoms with Crippen LogP contribution < -0.4 is 31.1 Å². The quantitative estimate of drug-likeness (QED) is 0.0979. The Morgan fingerprint density at radius 2 is 0.462 bits per heavy atom. The van der Waals surface area contributed by atoms with E-state index in [1.165, 1.54) is 0 Å². The summed E-state index contributed by atoms with van der Waals surface area (Å²) in [5.41, 5.74) is -0.831. The Bertz CT molecular complexity index is 2560. The van der Waals surface area contributed by atoms with Crippen LogP contribution >= 0.6 is 0 Å². The number of non-ortho nitro benzene ring substituents is 4. The third-order valence-electron chi connectivity index (χ3n) is 8.43. The third-order valence-corrected chi connectivity index (χ3v) is 8.43. The average Bonchev–Trinajstić information content (AvgIpc) is 3.41. The molecule has 0 spiro atoms. The van der Waals surface area contributed by atoms with Crippen molar-refractivity contribution in [1.82, 2.24) is 19.9 Å². The molecular weight excluding hydrogens is 1400 g/mol. The van der Waals surface area contributed by atoms with Crippen LogP contribution in [0.1, 0.15) is 41.4 Å². The van der Waals surface area contributed by atoms with Gasteiger partial charge < -0.3 is 50.2 Å². The van der Waals surface area contributed by atoms with Crippen molar-refractivity contribution >= 4 is 69.9 Å². The number of nitro groups is 4. The van der Waals surface area contributed by atoms with Crippen molar-refractivity contribution in [1.29, 1.82) is 0 Å². The number of carboxylic acid groups (broad SMARTS) is 4. The molecule has 416 valence electrons. The number of nitro benzene ring substituents is 4. The second-order valence-electron chi connectivity index (χ2n) is 13.5. The SMILES string of the molecule is O=C([O-])c1ccc([N+](=O)[O-])cc1.O=C([O-])c1ccc([N+](=O)[O-])cc1.O=C([O-])c1ccc([N+](=O)[O-])cc1.O=C([O-])c1ccc([N+](=O)[O-])cc1.[Ag+].[Ag+].[Ag+].[Ag+].c1ccc(Nc2ccccn2)nc1.c1ccc(Nc2ccccn2)nc1. The largest absolute Gasteiger partial charge is 1.00 e. The Kier molecular flexibility index (Phi) is 35.8. The Balaban J connectivity index is 0. The van der Waals surface area contributed by atoms with E-state index < -0.39 is 43.6 Å². The molecule has 0 amide bonds. The molecule has 0 atom stereocenters. The van der Waals surface area contributed by atoms with Crippen LogP contribution in [0.3, 0.4) is 0 Å². The Hall–Kier alpha value is -8.48. The average molecular weight is 1440 g/mol. The molecule has 0 bridgehead atoms. The first-order valence-electron chi connectivity index (χ1n) is 20.4. The second kappa shape index (κ2) is 39.0. The van der Waals surface area contributed by atoms with E-state index in [2.05, 4.69) is 30.6 Å². The standard InChI is InChI=1S/2C10H9N3.4C7H5NO4.4Ag/c2*1-3-7-11-9(5-1)13-10-6-2-4-8-12-10;4*9-7(10)5-1-3-6(4-2-5)8(11)12;;;;/h2*1-8H,(H,11,12,13);4*1-4H,(H,9,10);;;;/q;;;;;;4*+1/p-4. The van der Waals surface area contributed by atoms with Crippen LogP contribution in [0.25, 0.3) is 0 Å². The first-order valence-corrected chi connectivity index (χ1v) is 20.4. The van der Waals surface area contributed by atoms with E-state index in [-0.39, 0.29) is 135 Å². The predicted octanol–water partition coefficient (Wildman–Crippen LogP) is 4.26. The summed E-state index contributed by atoms with van der Waals surface area (Å²) < 4.78 is 0. The molecule has 0 saturated carbocycles.